The molecule has 0 saturated heterocycles. The molecular weight excluding hydrogens is 421 g/mol. The molecule has 1 fully saturated rings. The van der Waals surface area contributed by atoms with Crippen LogP contribution in [0, 0.1) is 5.92 Å². The van der Waals surface area contributed by atoms with Gasteiger partial charge in [0.15, 0.2) is 11.5 Å². The van der Waals surface area contributed by atoms with Gasteiger partial charge in [0.25, 0.3) is 0 Å². The van der Waals surface area contributed by atoms with E-state index >= 15 is 0 Å². The van der Waals surface area contributed by atoms with Crippen LogP contribution in [0.2, 0.25) is 0 Å². The van der Waals surface area contributed by atoms with Gasteiger partial charge in [0.05, 0.1) is 0 Å². The topological polar surface area (TPSA) is 77.0 Å². The molecule has 1 aliphatic carbocycles. The van der Waals surface area contributed by atoms with E-state index in [-0.39, 0.29) is 29.3 Å². The van der Waals surface area contributed by atoms with Gasteiger partial charge in [-0.1, -0.05) is 19.3 Å². The summed E-state index contributed by atoms with van der Waals surface area (Å²) in [5.74, 6) is -0.0565. The van der Waals surface area contributed by atoms with Gasteiger partial charge >= 0.3 is 6.18 Å². The van der Waals surface area contributed by atoms with Crippen LogP contribution in [0.3, 0.4) is 0 Å². The Bertz CT molecular complexity index is 1070. The van der Waals surface area contributed by atoms with Crippen molar-refractivity contribution in [3.63, 3.8) is 0 Å². The minimum absolute atomic E-state index is 0.00835. The first-order valence-corrected chi connectivity index (χ1v) is 10.3. The quantitative estimate of drug-likeness (QED) is 0.535. The van der Waals surface area contributed by atoms with Crippen LogP contribution >= 0.6 is 0 Å². The van der Waals surface area contributed by atoms with Crippen molar-refractivity contribution in [2.45, 2.75) is 38.3 Å². The monoisotopic (exact) mass is 442 g/mol. The Morgan fingerprint density at radius 1 is 0.969 bits per heavy atom. The molecule has 32 heavy (non-hydrogen) atoms. The summed E-state index contributed by atoms with van der Waals surface area (Å²) in [5, 5.41) is 2.89. The molecule has 0 radical (unpaired) electrons. The van der Waals surface area contributed by atoms with Gasteiger partial charge in [-0.15, -0.1) is 0 Å². The molecule has 0 unspecified atom stereocenters. The molecule has 1 saturated carbocycles. The van der Waals surface area contributed by atoms with Crippen LogP contribution in [-0.4, -0.2) is 20.9 Å². The third-order valence-electron chi connectivity index (χ3n) is 5.25. The van der Waals surface area contributed by atoms with Gasteiger partial charge in [-0.3, -0.25) is 9.78 Å². The van der Waals surface area contributed by atoms with Crippen LogP contribution in [0.25, 0.3) is 11.4 Å². The van der Waals surface area contributed by atoms with Crippen molar-refractivity contribution < 1.29 is 22.7 Å². The highest BCUT2D eigenvalue weighted by molar-refractivity contribution is 5.92. The first kappa shape index (κ1) is 21.7. The maximum Gasteiger partial charge on any atom is 0.433 e. The number of amides is 1. The molecule has 1 aliphatic rings. The molecule has 166 valence electrons. The second kappa shape index (κ2) is 9.33. The molecule has 1 N–H and O–H groups in total. The average Bonchev–Trinajstić information content (AvgIpc) is 2.81. The highest BCUT2D eigenvalue weighted by Gasteiger charge is 2.34. The Labute approximate surface area is 182 Å². The summed E-state index contributed by atoms with van der Waals surface area (Å²) in [6, 6.07) is 10.2. The number of halogens is 3. The van der Waals surface area contributed by atoms with E-state index in [4.69, 9.17) is 4.74 Å². The van der Waals surface area contributed by atoms with Gasteiger partial charge in [0, 0.05) is 35.6 Å². The van der Waals surface area contributed by atoms with Crippen molar-refractivity contribution in [2.75, 3.05) is 5.32 Å². The number of aromatic nitrogens is 3. The summed E-state index contributed by atoms with van der Waals surface area (Å²) in [7, 11) is 0. The molecule has 9 heteroatoms. The number of hydrogen-bond donors (Lipinski definition) is 1. The number of rotatable bonds is 5. The second-order valence-corrected chi connectivity index (χ2v) is 7.60. The van der Waals surface area contributed by atoms with Gasteiger partial charge in [-0.05, 0) is 49.2 Å². The first-order valence-electron chi connectivity index (χ1n) is 10.3. The van der Waals surface area contributed by atoms with Gasteiger partial charge in [0.1, 0.15) is 5.75 Å². The highest BCUT2D eigenvalue weighted by atomic mass is 19.4. The van der Waals surface area contributed by atoms with Crippen LogP contribution in [-0.2, 0) is 11.0 Å². The van der Waals surface area contributed by atoms with Crippen molar-refractivity contribution in [3.05, 3.63) is 60.6 Å². The molecule has 0 spiro atoms. The standard InChI is InChI=1S/C23H21F3N4O2/c24-23(25,26)19-14-20(30-21(29-19)15-10-12-27-13-11-15)32-18-8-6-17(7-9-18)28-22(31)16-4-2-1-3-5-16/h6-14,16H,1-5H2,(H,28,31). The zero-order chi connectivity index (χ0) is 22.6. The van der Waals surface area contributed by atoms with Crippen molar-refractivity contribution in [1.82, 2.24) is 15.0 Å². The number of hydrogen-bond acceptors (Lipinski definition) is 5. The number of carbonyl (C=O) groups is 1. The summed E-state index contributed by atoms with van der Waals surface area (Å²) >= 11 is 0. The number of ether oxygens (including phenoxy) is 1. The third kappa shape index (κ3) is 5.40. The minimum atomic E-state index is -4.66. The number of pyridine rings is 1. The summed E-state index contributed by atoms with van der Waals surface area (Å²) in [4.78, 5) is 24.0. The van der Waals surface area contributed by atoms with Gasteiger partial charge in [-0.2, -0.15) is 18.2 Å². The maximum atomic E-state index is 13.3. The fraction of sp³-hybridized carbons (Fsp3) is 0.304. The molecule has 6 nitrogen and oxygen atoms in total. The molecule has 2 heterocycles. The van der Waals surface area contributed by atoms with Crippen LogP contribution in [0.1, 0.15) is 37.8 Å². The predicted octanol–water partition coefficient (Wildman–Crippen LogP) is 5.87. The van der Waals surface area contributed by atoms with Crippen molar-refractivity contribution in [1.29, 1.82) is 0 Å². The molecule has 1 amide bonds. The van der Waals surface area contributed by atoms with Crippen molar-refractivity contribution >= 4 is 11.6 Å². The van der Waals surface area contributed by atoms with Gasteiger partial charge < -0.3 is 10.1 Å². The van der Waals surface area contributed by atoms with E-state index in [1.54, 1.807) is 24.3 Å². The van der Waals surface area contributed by atoms with E-state index in [1.165, 1.54) is 24.5 Å². The number of nitrogens with one attached hydrogen (secondary N) is 1. The molecule has 0 aliphatic heterocycles. The lowest BCUT2D eigenvalue weighted by Crippen LogP contribution is -2.24. The van der Waals surface area contributed by atoms with E-state index in [2.05, 4.69) is 20.3 Å². The van der Waals surface area contributed by atoms with E-state index in [0.29, 0.717) is 11.3 Å². The second-order valence-electron chi connectivity index (χ2n) is 7.60. The molecule has 1 aromatic carbocycles. The van der Waals surface area contributed by atoms with E-state index in [1.807, 2.05) is 0 Å². The molecule has 4 rings (SSSR count). The smallest absolute Gasteiger partial charge is 0.433 e. The molecular formula is C23H21F3N4O2. The third-order valence-corrected chi connectivity index (χ3v) is 5.25. The van der Waals surface area contributed by atoms with Crippen LogP contribution in [0.4, 0.5) is 18.9 Å². The zero-order valence-electron chi connectivity index (χ0n) is 17.1. The number of carbonyl (C=O) groups excluding carboxylic acids is 1. The minimum Gasteiger partial charge on any atom is -0.439 e. The lowest BCUT2D eigenvalue weighted by atomic mass is 9.88. The highest BCUT2D eigenvalue weighted by Crippen LogP contribution is 2.33. The van der Waals surface area contributed by atoms with E-state index in [9.17, 15) is 18.0 Å². The van der Waals surface area contributed by atoms with E-state index in [0.717, 1.165) is 38.2 Å². The molecule has 2 aromatic heterocycles. The Balaban J connectivity index is 1.51. The fourth-order valence-electron chi connectivity index (χ4n) is 3.59. The van der Waals surface area contributed by atoms with Gasteiger partial charge in [-0.25, -0.2) is 4.98 Å². The van der Waals surface area contributed by atoms with Crippen LogP contribution in [0.15, 0.2) is 54.9 Å². The summed E-state index contributed by atoms with van der Waals surface area (Å²) < 4.78 is 45.6. The Kier molecular flexibility index (Phi) is 6.34. The normalized spacial score (nSPS) is 14.7. The molecule has 0 bridgehead atoms. The average molecular weight is 442 g/mol. The number of anilines is 1. The largest absolute Gasteiger partial charge is 0.439 e. The number of alkyl halides is 3. The number of nitrogens with zero attached hydrogens (tertiary/aromatic N) is 3. The lowest BCUT2D eigenvalue weighted by Gasteiger charge is -2.20. The molecule has 0 atom stereocenters. The summed E-state index contributed by atoms with van der Waals surface area (Å²) in [6.07, 6.45) is 3.30. The van der Waals surface area contributed by atoms with Crippen LogP contribution in [0.5, 0.6) is 11.6 Å². The number of benzene rings is 1. The van der Waals surface area contributed by atoms with Crippen LogP contribution < -0.4 is 10.1 Å². The van der Waals surface area contributed by atoms with Gasteiger partial charge in [0.2, 0.25) is 11.8 Å². The Hall–Kier alpha value is -3.49. The Morgan fingerprint density at radius 2 is 1.66 bits per heavy atom. The zero-order valence-corrected chi connectivity index (χ0v) is 17.1. The Morgan fingerprint density at radius 3 is 2.31 bits per heavy atom. The predicted molar refractivity (Wildman–Crippen MR) is 112 cm³/mol. The SMILES string of the molecule is O=C(Nc1ccc(Oc2cc(C(F)(F)F)nc(-c3ccncc3)n2)cc1)C1CCCCC1. The summed E-state index contributed by atoms with van der Waals surface area (Å²) in [6.45, 7) is 0. The maximum absolute atomic E-state index is 13.3. The molecule has 3 aromatic rings. The van der Waals surface area contributed by atoms with Crippen molar-refractivity contribution in [3.8, 4) is 23.0 Å². The lowest BCUT2D eigenvalue weighted by molar-refractivity contribution is -0.141. The summed E-state index contributed by atoms with van der Waals surface area (Å²) in [5.41, 5.74) is -0.119. The first-order chi connectivity index (χ1) is 15.4. The fourth-order valence-corrected chi connectivity index (χ4v) is 3.59. The van der Waals surface area contributed by atoms with Crippen molar-refractivity contribution in [2.24, 2.45) is 5.92 Å². The van der Waals surface area contributed by atoms with E-state index < -0.39 is 11.9 Å².